The van der Waals surface area contributed by atoms with Gasteiger partial charge in [-0.15, -0.1) is 0 Å². The molecule has 0 aliphatic rings. The van der Waals surface area contributed by atoms with E-state index in [9.17, 15) is 0 Å². The van der Waals surface area contributed by atoms with E-state index in [1.807, 2.05) is 12.1 Å². The van der Waals surface area contributed by atoms with Gasteiger partial charge < -0.3 is 15.2 Å². The molecule has 3 N–H and O–H groups in total. The second-order valence-corrected chi connectivity index (χ2v) is 3.76. The van der Waals surface area contributed by atoms with Crippen molar-refractivity contribution < 1.29 is 15.2 Å². The van der Waals surface area contributed by atoms with Gasteiger partial charge in [0.15, 0.2) is 0 Å². The summed E-state index contributed by atoms with van der Waals surface area (Å²) in [6.07, 6.45) is 0.896. The van der Waals surface area contributed by atoms with Crippen molar-refractivity contribution in [3.8, 4) is 11.5 Å². The van der Waals surface area contributed by atoms with Crippen LogP contribution in [0.15, 0.2) is 16.6 Å². The van der Waals surface area contributed by atoms with Crippen LogP contribution in [0, 0.1) is 0 Å². The first-order chi connectivity index (χ1) is 6.72. The van der Waals surface area contributed by atoms with Crippen molar-refractivity contribution in [3.05, 3.63) is 22.2 Å². The summed E-state index contributed by atoms with van der Waals surface area (Å²) in [6, 6.07) is 3.90. The molecule has 0 atom stereocenters. The Morgan fingerprint density at radius 1 is 1.21 bits per heavy atom. The molecule has 0 unspecified atom stereocenters. The van der Waals surface area contributed by atoms with E-state index in [1.165, 1.54) is 0 Å². The van der Waals surface area contributed by atoms with Crippen LogP contribution in [0.25, 0.3) is 0 Å². The van der Waals surface area contributed by atoms with Gasteiger partial charge in [0.25, 0.3) is 0 Å². The fourth-order valence-electron chi connectivity index (χ4n) is 1.31. The van der Waals surface area contributed by atoms with E-state index in [2.05, 4.69) is 21.7 Å². The molecule has 0 heterocycles. The van der Waals surface area contributed by atoms with Gasteiger partial charge in [0.05, 0.1) is 25.2 Å². The zero-order valence-electron chi connectivity index (χ0n) is 8.47. The molecule has 14 heavy (non-hydrogen) atoms. The minimum Gasteiger partial charge on any atom is -0.496 e. The summed E-state index contributed by atoms with van der Waals surface area (Å²) >= 11 is 3.41. The van der Waals surface area contributed by atoms with Crippen LogP contribution in [0.1, 0.15) is 5.56 Å². The Kier molecular flexibility index (Phi) is 4.22. The summed E-state index contributed by atoms with van der Waals surface area (Å²) in [4.78, 5) is 0. The predicted octanol–water partition coefficient (Wildman–Crippen LogP) is 1.25. The van der Waals surface area contributed by atoms with Gasteiger partial charge in [0, 0.05) is 12.0 Å². The van der Waals surface area contributed by atoms with Crippen LogP contribution in [0.5, 0.6) is 11.5 Å². The van der Waals surface area contributed by atoms with E-state index in [-0.39, 0.29) is 0 Å². The monoisotopic (exact) mass is 260 g/mol. The highest BCUT2D eigenvalue weighted by Crippen LogP contribution is 2.32. The lowest BCUT2D eigenvalue weighted by Crippen LogP contribution is -2.51. The summed E-state index contributed by atoms with van der Waals surface area (Å²) in [5.41, 5.74) is 4.95. The lowest BCUT2D eigenvalue weighted by molar-refractivity contribution is -0.366. The number of quaternary nitrogens is 1. The molecule has 4 heteroatoms. The Balaban J connectivity index is 3.11. The van der Waals surface area contributed by atoms with Crippen molar-refractivity contribution in [1.82, 2.24) is 0 Å². The van der Waals surface area contributed by atoms with Crippen LogP contribution in [0.2, 0.25) is 0 Å². The number of halogens is 1. The highest BCUT2D eigenvalue weighted by Gasteiger charge is 2.08. The van der Waals surface area contributed by atoms with Gasteiger partial charge in [-0.25, -0.2) is 0 Å². The quantitative estimate of drug-likeness (QED) is 0.886. The van der Waals surface area contributed by atoms with Crippen LogP contribution < -0.4 is 15.2 Å². The molecule has 0 aromatic heterocycles. The fourth-order valence-corrected chi connectivity index (χ4v) is 1.79. The number of benzene rings is 1. The van der Waals surface area contributed by atoms with Crippen LogP contribution in [0.3, 0.4) is 0 Å². The van der Waals surface area contributed by atoms with Gasteiger partial charge in [-0.05, 0) is 28.1 Å². The smallest absolute Gasteiger partial charge is 0.133 e. The summed E-state index contributed by atoms with van der Waals surface area (Å²) in [6.45, 7) is 0.848. The molecule has 1 rings (SSSR count). The third kappa shape index (κ3) is 2.39. The van der Waals surface area contributed by atoms with E-state index in [1.54, 1.807) is 14.2 Å². The first-order valence-corrected chi connectivity index (χ1v) is 5.21. The van der Waals surface area contributed by atoms with Crippen molar-refractivity contribution in [1.29, 1.82) is 0 Å². The zero-order valence-corrected chi connectivity index (χ0v) is 10.1. The van der Waals surface area contributed by atoms with Crippen LogP contribution in [-0.2, 0) is 6.42 Å². The molecule has 0 saturated heterocycles. The predicted molar refractivity (Wildman–Crippen MR) is 58.7 cm³/mol. The Morgan fingerprint density at radius 3 is 2.36 bits per heavy atom. The molecule has 0 radical (unpaired) electrons. The number of ether oxygens (including phenoxy) is 2. The molecule has 0 fully saturated rings. The van der Waals surface area contributed by atoms with Gasteiger partial charge in [0.1, 0.15) is 11.5 Å². The molecule has 0 bridgehead atoms. The normalized spacial score (nSPS) is 10.0. The molecule has 0 amide bonds. The van der Waals surface area contributed by atoms with E-state index in [0.29, 0.717) is 0 Å². The minimum absolute atomic E-state index is 0.828. The van der Waals surface area contributed by atoms with E-state index >= 15 is 0 Å². The van der Waals surface area contributed by atoms with Crippen LogP contribution in [0.4, 0.5) is 0 Å². The van der Waals surface area contributed by atoms with Gasteiger partial charge in [-0.2, -0.15) is 0 Å². The molecule has 0 spiro atoms. The Bertz CT molecular complexity index is 315. The molecule has 78 valence electrons. The second-order valence-electron chi connectivity index (χ2n) is 2.90. The molecule has 1 aromatic rings. The van der Waals surface area contributed by atoms with E-state index in [0.717, 1.165) is 34.5 Å². The number of methoxy groups -OCH3 is 2. The van der Waals surface area contributed by atoms with Crippen molar-refractivity contribution >= 4 is 15.9 Å². The SMILES string of the molecule is COc1cc(CC[NH3+])c(OC)cc1Br. The molecule has 0 aliphatic heterocycles. The highest BCUT2D eigenvalue weighted by molar-refractivity contribution is 9.10. The summed E-state index contributed by atoms with van der Waals surface area (Å²) < 4.78 is 11.4. The lowest BCUT2D eigenvalue weighted by atomic mass is 10.1. The third-order valence-corrected chi connectivity index (χ3v) is 2.62. The second kappa shape index (κ2) is 5.22. The Labute approximate surface area is 92.3 Å². The lowest BCUT2D eigenvalue weighted by Gasteiger charge is -2.10. The number of rotatable bonds is 4. The molecular weight excluding hydrogens is 246 g/mol. The Hall–Kier alpha value is -0.740. The standard InChI is InChI=1S/C10H14BrNO2/c1-13-9-6-8(11)10(14-2)5-7(9)3-4-12/h5-6H,3-4,12H2,1-2H3/p+1. The number of hydrogen-bond acceptors (Lipinski definition) is 2. The van der Waals surface area contributed by atoms with Crippen molar-refractivity contribution in [2.75, 3.05) is 20.8 Å². The van der Waals surface area contributed by atoms with Crippen molar-refractivity contribution in [3.63, 3.8) is 0 Å². The van der Waals surface area contributed by atoms with Gasteiger partial charge in [-0.3, -0.25) is 0 Å². The topological polar surface area (TPSA) is 46.1 Å². The summed E-state index contributed by atoms with van der Waals surface area (Å²) in [5.74, 6) is 1.70. The average Bonchev–Trinajstić information content (AvgIpc) is 2.20. The summed E-state index contributed by atoms with van der Waals surface area (Å²) in [7, 11) is 3.32. The van der Waals surface area contributed by atoms with Gasteiger partial charge >= 0.3 is 0 Å². The van der Waals surface area contributed by atoms with E-state index in [4.69, 9.17) is 9.47 Å². The van der Waals surface area contributed by atoms with Gasteiger partial charge in [0.2, 0.25) is 0 Å². The first kappa shape index (κ1) is 11.3. The van der Waals surface area contributed by atoms with Crippen LogP contribution in [-0.4, -0.2) is 20.8 Å². The first-order valence-electron chi connectivity index (χ1n) is 4.42. The fraction of sp³-hybridized carbons (Fsp3) is 0.400. The zero-order chi connectivity index (χ0) is 10.6. The highest BCUT2D eigenvalue weighted by atomic mass is 79.9. The molecule has 0 aliphatic carbocycles. The summed E-state index contributed by atoms with van der Waals surface area (Å²) in [5, 5.41) is 0. The molecule has 0 saturated carbocycles. The van der Waals surface area contributed by atoms with Gasteiger partial charge in [-0.1, -0.05) is 0 Å². The molecular formula is C10H15BrNO2+. The maximum absolute atomic E-state index is 5.26. The maximum Gasteiger partial charge on any atom is 0.133 e. The van der Waals surface area contributed by atoms with E-state index < -0.39 is 0 Å². The third-order valence-electron chi connectivity index (χ3n) is 2.00. The van der Waals surface area contributed by atoms with Crippen molar-refractivity contribution in [2.24, 2.45) is 0 Å². The van der Waals surface area contributed by atoms with Crippen LogP contribution >= 0.6 is 15.9 Å². The largest absolute Gasteiger partial charge is 0.496 e. The van der Waals surface area contributed by atoms with Crippen molar-refractivity contribution in [2.45, 2.75) is 6.42 Å². The average molecular weight is 261 g/mol. The molecule has 1 aromatic carbocycles. The molecule has 3 nitrogen and oxygen atoms in total. The minimum atomic E-state index is 0.828. The Morgan fingerprint density at radius 2 is 1.86 bits per heavy atom. The number of hydrogen-bond donors (Lipinski definition) is 1. The maximum atomic E-state index is 5.26.